The molecule has 0 saturated heterocycles. The van der Waals surface area contributed by atoms with Crippen molar-refractivity contribution in [2.24, 2.45) is 0 Å². The van der Waals surface area contributed by atoms with Gasteiger partial charge in [-0.05, 0) is 28.1 Å². The van der Waals surface area contributed by atoms with E-state index in [4.69, 9.17) is 4.74 Å². The zero-order chi connectivity index (χ0) is 13.8. The number of halogens is 1. The fourth-order valence-corrected chi connectivity index (χ4v) is 2.14. The molecule has 0 aliphatic carbocycles. The van der Waals surface area contributed by atoms with Crippen molar-refractivity contribution >= 4 is 27.4 Å². The minimum absolute atomic E-state index is 0.795. The fourth-order valence-electron chi connectivity index (χ4n) is 1.73. The van der Waals surface area contributed by atoms with Gasteiger partial charge in [0.2, 0.25) is 0 Å². The molecule has 5 heteroatoms. The van der Waals surface area contributed by atoms with Gasteiger partial charge in [0.25, 0.3) is 0 Å². The molecule has 2 rings (SSSR count). The maximum absolute atomic E-state index is 5.24. The predicted molar refractivity (Wildman–Crippen MR) is 80.2 cm³/mol. The molecule has 0 saturated carbocycles. The van der Waals surface area contributed by atoms with Gasteiger partial charge in [0.05, 0.1) is 7.11 Å². The van der Waals surface area contributed by atoms with E-state index in [2.05, 4.69) is 25.9 Å². The smallest absolute Gasteiger partial charge is 0.137 e. The van der Waals surface area contributed by atoms with Crippen molar-refractivity contribution in [3.63, 3.8) is 0 Å². The third-order valence-electron chi connectivity index (χ3n) is 2.83. The summed E-state index contributed by atoms with van der Waals surface area (Å²) in [5.74, 6) is 2.50. The second kappa shape index (κ2) is 6.02. The summed E-state index contributed by atoms with van der Waals surface area (Å²) in [6.07, 6.45) is 0.804. The largest absolute Gasteiger partial charge is 0.497 e. The van der Waals surface area contributed by atoms with Crippen LogP contribution in [0.4, 0.5) is 11.5 Å². The standard InChI is InChI=1S/C14H16BrN3O/c1-4-13-16-12(15)9-14(17-13)18(2)10-6-5-7-11(8-10)19-3/h5-9H,4H2,1-3H3. The van der Waals surface area contributed by atoms with Crippen molar-refractivity contribution < 1.29 is 4.74 Å². The average Bonchev–Trinajstić information content (AvgIpc) is 2.45. The average molecular weight is 322 g/mol. The van der Waals surface area contributed by atoms with Gasteiger partial charge in [0.15, 0.2) is 0 Å². The van der Waals surface area contributed by atoms with Crippen LogP contribution in [-0.2, 0) is 6.42 Å². The predicted octanol–water partition coefficient (Wildman–Crippen LogP) is 3.58. The highest BCUT2D eigenvalue weighted by Gasteiger charge is 2.09. The molecular weight excluding hydrogens is 306 g/mol. The van der Waals surface area contributed by atoms with E-state index in [1.165, 1.54) is 0 Å². The molecule has 0 atom stereocenters. The van der Waals surface area contributed by atoms with Crippen LogP contribution in [0, 0.1) is 0 Å². The Hall–Kier alpha value is -1.62. The van der Waals surface area contributed by atoms with Crippen molar-refractivity contribution in [1.82, 2.24) is 9.97 Å². The van der Waals surface area contributed by atoms with Gasteiger partial charge in [-0.2, -0.15) is 0 Å². The number of anilines is 2. The molecule has 4 nitrogen and oxygen atoms in total. The molecule has 0 spiro atoms. The first-order chi connectivity index (χ1) is 9.13. The highest BCUT2D eigenvalue weighted by Crippen LogP contribution is 2.26. The summed E-state index contributed by atoms with van der Waals surface area (Å²) in [7, 11) is 3.64. The van der Waals surface area contributed by atoms with Gasteiger partial charge in [0.1, 0.15) is 22.0 Å². The first-order valence-electron chi connectivity index (χ1n) is 6.05. The molecular formula is C14H16BrN3O. The molecule has 0 N–H and O–H groups in total. The number of aryl methyl sites for hydroxylation is 1. The molecule has 0 aliphatic heterocycles. The Morgan fingerprint density at radius 3 is 2.74 bits per heavy atom. The number of rotatable bonds is 4. The van der Waals surface area contributed by atoms with Crippen molar-refractivity contribution in [2.45, 2.75) is 13.3 Å². The summed E-state index contributed by atoms with van der Waals surface area (Å²) in [6, 6.07) is 9.77. The third kappa shape index (κ3) is 3.23. The molecule has 1 heterocycles. The van der Waals surface area contributed by atoms with E-state index < -0.39 is 0 Å². The normalized spacial score (nSPS) is 10.3. The maximum Gasteiger partial charge on any atom is 0.137 e. The van der Waals surface area contributed by atoms with Crippen LogP contribution >= 0.6 is 15.9 Å². The van der Waals surface area contributed by atoms with Crippen LogP contribution in [-0.4, -0.2) is 24.1 Å². The molecule has 1 aromatic carbocycles. The number of hydrogen-bond acceptors (Lipinski definition) is 4. The van der Waals surface area contributed by atoms with Crippen LogP contribution in [0.3, 0.4) is 0 Å². The molecule has 0 aliphatic rings. The molecule has 0 bridgehead atoms. The lowest BCUT2D eigenvalue weighted by Gasteiger charge is -2.19. The molecule has 100 valence electrons. The molecule has 0 amide bonds. The van der Waals surface area contributed by atoms with E-state index in [0.717, 1.165) is 34.1 Å². The van der Waals surface area contributed by atoms with Gasteiger partial charge >= 0.3 is 0 Å². The Morgan fingerprint density at radius 2 is 2.05 bits per heavy atom. The van der Waals surface area contributed by atoms with Gasteiger partial charge in [-0.3, -0.25) is 0 Å². The van der Waals surface area contributed by atoms with E-state index in [0.29, 0.717) is 0 Å². The number of methoxy groups -OCH3 is 1. The summed E-state index contributed by atoms with van der Waals surface area (Å²) in [6.45, 7) is 2.04. The van der Waals surface area contributed by atoms with E-state index in [1.807, 2.05) is 49.2 Å². The van der Waals surface area contributed by atoms with E-state index >= 15 is 0 Å². The van der Waals surface area contributed by atoms with Crippen molar-refractivity contribution in [2.75, 3.05) is 19.1 Å². The Balaban J connectivity index is 2.37. The quantitative estimate of drug-likeness (QED) is 0.807. The molecule has 1 aromatic heterocycles. The lowest BCUT2D eigenvalue weighted by atomic mass is 10.2. The van der Waals surface area contributed by atoms with Crippen LogP contribution in [0.15, 0.2) is 34.9 Å². The van der Waals surface area contributed by atoms with Crippen LogP contribution in [0.2, 0.25) is 0 Å². The second-order valence-electron chi connectivity index (χ2n) is 4.08. The Morgan fingerprint density at radius 1 is 1.26 bits per heavy atom. The molecule has 2 aromatic rings. The van der Waals surface area contributed by atoms with E-state index in [-0.39, 0.29) is 0 Å². The summed E-state index contributed by atoms with van der Waals surface area (Å²) in [5, 5.41) is 0. The third-order valence-corrected chi connectivity index (χ3v) is 3.23. The van der Waals surface area contributed by atoms with Crippen molar-refractivity contribution in [3.05, 3.63) is 40.8 Å². The first-order valence-corrected chi connectivity index (χ1v) is 6.84. The van der Waals surface area contributed by atoms with Gasteiger partial charge in [0, 0.05) is 31.3 Å². The number of hydrogen-bond donors (Lipinski definition) is 0. The number of aromatic nitrogens is 2. The molecule has 0 fully saturated rings. The molecule has 0 unspecified atom stereocenters. The van der Waals surface area contributed by atoms with Gasteiger partial charge in [-0.1, -0.05) is 13.0 Å². The Kier molecular flexibility index (Phi) is 4.37. The highest BCUT2D eigenvalue weighted by atomic mass is 79.9. The Bertz CT molecular complexity index is 574. The molecule has 19 heavy (non-hydrogen) atoms. The fraction of sp³-hybridized carbons (Fsp3) is 0.286. The molecule has 0 radical (unpaired) electrons. The SMILES string of the molecule is CCc1nc(Br)cc(N(C)c2cccc(OC)c2)n1. The van der Waals surface area contributed by atoms with Crippen molar-refractivity contribution in [1.29, 1.82) is 0 Å². The number of benzene rings is 1. The minimum atomic E-state index is 0.795. The maximum atomic E-state index is 5.24. The topological polar surface area (TPSA) is 38.2 Å². The van der Waals surface area contributed by atoms with Crippen molar-refractivity contribution in [3.8, 4) is 5.75 Å². The monoisotopic (exact) mass is 321 g/mol. The summed E-state index contributed by atoms with van der Waals surface area (Å²) < 4.78 is 6.04. The van der Waals surface area contributed by atoms with Gasteiger partial charge in [-0.15, -0.1) is 0 Å². The first kappa shape index (κ1) is 13.8. The summed E-state index contributed by atoms with van der Waals surface area (Å²) >= 11 is 3.42. The van der Waals surface area contributed by atoms with Crippen LogP contribution in [0.25, 0.3) is 0 Å². The minimum Gasteiger partial charge on any atom is -0.497 e. The number of ether oxygens (including phenoxy) is 1. The Labute approximate surface area is 121 Å². The lowest BCUT2D eigenvalue weighted by molar-refractivity contribution is 0.415. The summed E-state index contributed by atoms with van der Waals surface area (Å²) in [5.41, 5.74) is 1.02. The van der Waals surface area contributed by atoms with E-state index in [1.54, 1.807) is 7.11 Å². The second-order valence-corrected chi connectivity index (χ2v) is 4.89. The van der Waals surface area contributed by atoms with Gasteiger partial charge < -0.3 is 9.64 Å². The summed E-state index contributed by atoms with van der Waals surface area (Å²) in [4.78, 5) is 10.9. The zero-order valence-corrected chi connectivity index (χ0v) is 12.8. The zero-order valence-electron chi connectivity index (χ0n) is 11.2. The van der Waals surface area contributed by atoms with Gasteiger partial charge in [-0.25, -0.2) is 9.97 Å². The van der Waals surface area contributed by atoms with Crippen LogP contribution in [0.1, 0.15) is 12.7 Å². The number of nitrogens with zero attached hydrogens (tertiary/aromatic N) is 3. The van der Waals surface area contributed by atoms with Crippen LogP contribution in [0.5, 0.6) is 5.75 Å². The highest BCUT2D eigenvalue weighted by molar-refractivity contribution is 9.10. The van der Waals surface area contributed by atoms with Crippen LogP contribution < -0.4 is 9.64 Å². The van der Waals surface area contributed by atoms with E-state index in [9.17, 15) is 0 Å². The lowest BCUT2D eigenvalue weighted by Crippen LogP contribution is -2.12.